The first-order valence-corrected chi connectivity index (χ1v) is 10.6. The molecule has 2 fully saturated rings. The summed E-state index contributed by atoms with van der Waals surface area (Å²) in [7, 11) is 0. The van der Waals surface area contributed by atoms with E-state index in [4.69, 9.17) is 4.74 Å². The molecule has 2 heterocycles. The van der Waals surface area contributed by atoms with Crippen molar-refractivity contribution in [1.82, 2.24) is 9.80 Å². The Morgan fingerprint density at radius 2 is 1.55 bits per heavy atom. The van der Waals surface area contributed by atoms with Gasteiger partial charge in [0, 0.05) is 50.6 Å². The normalized spacial score (nSPS) is 16.8. The SMILES string of the molecule is CCOc1ccc(N2CCN(CC(=O)N3CCN(c4ccc(F)cc4)CC3)C2=O)cc1. The fraction of sp³-hybridized carbons (Fsp3) is 0.391. The van der Waals surface area contributed by atoms with Crippen molar-refractivity contribution < 1.29 is 18.7 Å². The summed E-state index contributed by atoms with van der Waals surface area (Å²) in [5.74, 6) is 0.470. The lowest BCUT2D eigenvalue weighted by atomic mass is 10.2. The molecule has 0 bridgehead atoms. The van der Waals surface area contributed by atoms with Crippen LogP contribution in [-0.2, 0) is 4.79 Å². The van der Waals surface area contributed by atoms with Gasteiger partial charge in [-0.3, -0.25) is 9.69 Å². The number of carbonyl (C=O) groups is 2. The van der Waals surface area contributed by atoms with Crippen LogP contribution in [0.1, 0.15) is 6.92 Å². The lowest BCUT2D eigenvalue weighted by Gasteiger charge is -2.36. The third-order valence-electron chi connectivity index (χ3n) is 5.70. The molecule has 3 amide bonds. The summed E-state index contributed by atoms with van der Waals surface area (Å²) in [6.45, 7) is 6.22. The standard InChI is InChI=1S/C23H27FN4O3/c1-2-31-21-9-7-20(8-10-21)28-16-15-27(23(28)30)17-22(29)26-13-11-25(12-14-26)19-5-3-18(24)4-6-19/h3-10H,2,11-17H2,1H3. The van der Waals surface area contributed by atoms with Gasteiger partial charge in [-0.25, -0.2) is 9.18 Å². The first-order chi connectivity index (χ1) is 15.0. The van der Waals surface area contributed by atoms with Crippen molar-refractivity contribution in [3.8, 4) is 5.75 Å². The number of benzene rings is 2. The van der Waals surface area contributed by atoms with Gasteiger partial charge in [0.25, 0.3) is 0 Å². The molecule has 2 aliphatic heterocycles. The maximum atomic E-state index is 13.1. The van der Waals surface area contributed by atoms with Crippen molar-refractivity contribution in [3.63, 3.8) is 0 Å². The van der Waals surface area contributed by atoms with E-state index in [1.54, 1.807) is 26.8 Å². The fourth-order valence-corrected chi connectivity index (χ4v) is 3.99. The first kappa shape index (κ1) is 21.0. The molecule has 4 rings (SSSR count). The van der Waals surface area contributed by atoms with Gasteiger partial charge in [-0.2, -0.15) is 0 Å². The Kier molecular flexibility index (Phi) is 6.25. The molecule has 0 N–H and O–H groups in total. The number of anilines is 2. The largest absolute Gasteiger partial charge is 0.494 e. The van der Waals surface area contributed by atoms with Crippen LogP contribution < -0.4 is 14.5 Å². The topological polar surface area (TPSA) is 56.3 Å². The second kappa shape index (κ2) is 9.24. The Morgan fingerprint density at radius 3 is 2.19 bits per heavy atom. The highest BCUT2D eigenvalue weighted by molar-refractivity contribution is 5.96. The lowest BCUT2D eigenvalue weighted by Crippen LogP contribution is -2.51. The highest BCUT2D eigenvalue weighted by Gasteiger charge is 2.32. The molecule has 0 unspecified atom stereocenters. The van der Waals surface area contributed by atoms with Crippen LogP contribution in [-0.4, -0.2) is 74.2 Å². The molecule has 31 heavy (non-hydrogen) atoms. The van der Waals surface area contributed by atoms with Crippen molar-refractivity contribution in [2.24, 2.45) is 0 Å². The first-order valence-electron chi connectivity index (χ1n) is 10.6. The van der Waals surface area contributed by atoms with Gasteiger partial charge in [-0.05, 0) is 55.5 Å². The fourth-order valence-electron chi connectivity index (χ4n) is 3.99. The average molecular weight is 426 g/mol. The number of urea groups is 1. The van der Waals surface area contributed by atoms with Gasteiger partial charge in [0.2, 0.25) is 5.91 Å². The van der Waals surface area contributed by atoms with Gasteiger partial charge in [0.1, 0.15) is 18.1 Å². The van der Waals surface area contributed by atoms with Crippen molar-refractivity contribution in [2.45, 2.75) is 6.92 Å². The number of carbonyl (C=O) groups excluding carboxylic acids is 2. The van der Waals surface area contributed by atoms with Crippen LogP contribution in [0.4, 0.5) is 20.6 Å². The van der Waals surface area contributed by atoms with E-state index in [2.05, 4.69) is 4.90 Å². The Labute approximate surface area is 181 Å². The molecule has 2 aromatic carbocycles. The van der Waals surface area contributed by atoms with Gasteiger partial charge in [-0.1, -0.05) is 0 Å². The van der Waals surface area contributed by atoms with Crippen molar-refractivity contribution >= 4 is 23.3 Å². The number of amides is 3. The smallest absolute Gasteiger partial charge is 0.325 e. The molecule has 0 spiro atoms. The van der Waals surface area contributed by atoms with E-state index in [0.717, 1.165) is 17.1 Å². The third-order valence-corrected chi connectivity index (χ3v) is 5.70. The molecule has 0 aromatic heterocycles. The lowest BCUT2D eigenvalue weighted by molar-refractivity contribution is -0.131. The Balaban J connectivity index is 1.29. The summed E-state index contributed by atoms with van der Waals surface area (Å²) < 4.78 is 18.6. The zero-order valence-corrected chi connectivity index (χ0v) is 17.7. The number of halogens is 1. The Hall–Kier alpha value is -3.29. The van der Waals surface area contributed by atoms with Gasteiger partial charge in [0.15, 0.2) is 0 Å². The summed E-state index contributed by atoms with van der Waals surface area (Å²) in [4.78, 5) is 32.8. The zero-order valence-electron chi connectivity index (χ0n) is 17.7. The molecule has 0 aliphatic carbocycles. The minimum atomic E-state index is -0.257. The number of piperazine rings is 1. The van der Waals surface area contributed by atoms with Gasteiger partial charge in [-0.15, -0.1) is 0 Å². The molecule has 2 aliphatic rings. The van der Waals surface area contributed by atoms with Gasteiger partial charge < -0.3 is 19.4 Å². The minimum absolute atomic E-state index is 0.0411. The molecule has 8 heteroatoms. The summed E-state index contributed by atoms with van der Waals surface area (Å²) in [5.41, 5.74) is 1.76. The zero-order chi connectivity index (χ0) is 21.8. The molecular formula is C23H27FN4O3. The molecule has 7 nitrogen and oxygen atoms in total. The Morgan fingerprint density at radius 1 is 0.903 bits per heavy atom. The number of ether oxygens (including phenoxy) is 1. The predicted octanol–water partition coefficient (Wildman–Crippen LogP) is 2.82. The van der Waals surface area contributed by atoms with E-state index >= 15 is 0 Å². The van der Waals surface area contributed by atoms with E-state index in [1.165, 1.54) is 12.1 Å². The highest BCUT2D eigenvalue weighted by atomic mass is 19.1. The van der Waals surface area contributed by atoms with Gasteiger partial charge >= 0.3 is 6.03 Å². The number of hydrogen-bond donors (Lipinski definition) is 0. The monoisotopic (exact) mass is 426 g/mol. The molecule has 2 aromatic rings. The maximum absolute atomic E-state index is 13.1. The van der Waals surface area contributed by atoms with Crippen molar-refractivity contribution in [2.75, 3.05) is 62.2 Å². The van der Waals surface area contributed by atoms with E-state index in [0.29, 0.717) is 45.9 Å². The minimum Gasteiger partial charge on any atom is -0.494 e. The van der Waals surface area contributed by atoms with Crippen LogP contribution in [0.2, 0.25) is 0 Å². The van der Waals surface area contributed by atoms with Crippen LogP contribution in [0.25, 0.3) is 0 Å². The quantitative estimate of drug-likeness (QED) is 0.713. The molecular weight excluding hydrogens is 399 g/mol. The molecule has 164 valence electrons. The summed E-state index contributed by atoms with van der Waals surface area (Å²) >= 11 is 0. The maximum Gasteiger partial charge on any atom is 0.325 e. The van der Waals surface area contributed by atoms with Crippen LogP contribution in [0.5, 0.6) is 5.75 Å². The second-order valence-corrected chi connectivity index (χ2v) is 7.63. The summed E-state index contributed by atoms with van der Waals surface area (Å²) in [5, 5.41) is 0. The van der Waals surface area contributed by atoms with E-state index in [9.17, 15) is 14.0 Å². The molecule has 0 saturated carbocycles. The molecule has 0 radical (unpaired) electrons. The highest BCUT2D eigenvalue weighted by Crippen LogP contribution is 2.24. The number of nitrogens with zero attached hydrogens (tertiary/aromatic N) is 4. The van der Waals surface area contributed by atoms with Crippen LogP contribution in [0.3, 0.4) is 0 Å². The van der Waals surface area contributed by atoms with Crippen molar-refractivity contribution in [3.05, 3.63) is 54.3 Å². The number of rotatable bonds is 6. The predicted molar refractivity (Wildman–Crippen MR) is 117 cm³/mol. The van der Waals surface area contributed by atoms with Crippen LogP contribution in [0.15, 0.2) is 48.5 Å². The Bertz CT molecular complexity index is 911. The number of hydrogen-bond acceptors (Lipinski definition) is 4. The summed E-state index contributed by atoms with van der Waals surface area (Å²) in [6.07, 6.45) is 0. The van der Waals surface area contributed by atoms with Crippen molar-refractivity contribution in [1.29, 1.82) is 0 Å². The molecule has 2 saturated heterocycles. The average Bonchev–Trinajstić information content (AvgIpc) is 3.15. The van der Waals surface area contributed by atoms with Crippen LogP contribution in [0, 0.1) is 5.82 Å². The molecule has 0 atom stereocenters. The van der Waals surface area contributed by atoms with Gasteiger partial charge in [0.05, 0.1) is 6.61 Å². The van der Waals surface area contributed by atoms with E-state index in [1.807, 2.05) is 31.2 Å². The van der Waals surface area contributed by atoms with E-state index < -0.39 is 0 Å². The van der Waals surface area contributed by atoms with E-state index in [-0.39, 0.29) is 24.3 Å². The van der Waals surface area contributed by atoms with Crippen LogP contribution >= 0.6 is 0 Å². The third kappa shape index (κ3) is 4.73. The summed E-state index contributed by atoms with van der Waals surface area (Å²) in [6, 6.07) is 13.7. The second-order valence-electron chi connectivity index (χ2n) is 7.63.